The van der Waals surface area contributed by atoms with E-state index in [2.05, 4.69) is 22.5 Å². The molecule has 1 aliphatic heterocycles. The molecule has 1 saturated heterocycles. The Bertz CT molecular complexity index is 415. The maximum Gasteiger partial charge on any atom is 0.227 e. The average molecular weight is 264 g/mol. The Hall–Kier alpha value is -1.36. The van der Waals surface area contributed by atoms with Crippen molar-refractivity contribution in [3.8, 4) is 0 Å². The van der Waals surface area contributed by atoms with Crippen LogP contribution in [0.2, 0.25) is 0 Å². The molecule has 0 radical (unpaired) electrons. The molecule has 1 fully saturated rings. The minimum Gasteiger partial charge on any atom is -0.348 e. The standard InChI is InChI=1S/C14H24N4O/c1-3-5-14(6-4-7-15-11-14)13(19)17-10-12-16-8-9-18(12)2/h8-9,15H,3-7,10-11H2,1-2H3,(H,17,19). The van der Waals surface area contributed by atoms with E-state index in [-0.39, 0.29) is 11.3 Å². The Kier molecular flexibility index (Phi) is 4.58. The van der Waals surface area contributed by atoms with Crippen molar-refractivity contribution in [3.63, 3.8) is 0 Å². The first kappa shape index (κ1) is 14.1. The molecule has 0 bridgehead atoms. The summed E-state index contributed by atoms with van der Waals surface area (Å²) in [6.07, 6.45) is 7.71. The second kappa shape index (κ2) is 6.19. The van der Waals surface area contributed by atoms with Crippen molar-refractivity contribution in [1.82, 2.24) is 20.2 Å². The Balaban J connectivity index is 1.97. The molecule has 1 aliphatic rings. The van der Waals surface area contributed by atoms with Crippen LogP contribution in [0.4, 0.5) is 0 Å². The molecule has 5 heteroatoms. The van der Waals surface area contributed by atoms with Gasteiger partial charge in [0.05, 0.1) is 12.0 Å². The van der Waals surface area contributed by atoms with E-state index in [0.717, 1.165) is 44.6 Å². The second-order valence-electron chi connectivity index (χ2n) is 5.45. The number of carbonyl (C=O) groups excluding carboxylic acids is 1. The van der Waals surface area contributed by atoms with E-state index in [1.54, 1.807) is 6.20 Å². The summed E-state index contributed by atoms with van der Waals surface area (Å²) in [5.41, 5.74) is -0.224. The molecule has 1 aromatic rings. The van der Waals surface area contributed by atoms with Gasteiger partial charge in [-0.2, -0.15) is 0 Å². The molecule has 19 heavy (non-hydrogen) atoms. The van der Waals surface area contributed by atoms with Crippen LogP contribution >= 0.6 is 0 Å². The fourth-order valence-electron chi connectivity index (χ4n) is 2.88. The zero-order chi connectivity index (χ0) is 13.7. The minimum absolute atomic E-state index is 0.171. The molecule has 2 heterocycles. The predicted octanol–water partition coefficient (Wildman–Crippen LogP) is 1.21. The molecule has 106 valence electrons. The van der Waals surface area contributed by atoms with Crippen molar-refractivity contribution in [2.75, 3.05) is 13.1 Å². The zero-order valence-corrected chi connectivity index (χ0v) is 11.9. The molecule has 2 N–H and O–H groups in total. The topological polar surface area (TPSA) is 59.0 Å². The lowest BCUT2D eigenvalue weighted by atomic mass is 9.76. The first-order valence-corrected chi connectivity index (χ1v) is 7.13. The highest BCUT2D eigenvalue weighted by Crippen LogP contribution is 2.31. The Labute approximate surface area is 114 Å². The van der Waals surface area contributed by atoms with Gasteiger partial charge in [-0.05, 0) is 25.8 Å². The summed E-state index contributed by atoms with van der Waals surface area (Å²) in [4.78, 5) is 16.8. The van der Waals surface area contributed by atoms with E-state index in [0.29, 0.717) is 6.54 Å². The fourth-order valence-corrected chi connectivity index (χ4v) is 2.88. The highest BCUT2D eigenvalue weighted by Gasteiger charge is 2.38. The summed E-state index contributed by atoms with van der Waals surface area (Å²) in [7, 11) is 1.94. The number of amides is 1. The first-order valence-electron chi connectivity index (χ1n) is 7.13. The molecular weight excluding hydrogens is 240 g/mol. The van der Waals surface area contributed by atoms with E-state index in [1.165, 1.54) is 0 Å². The van der Waals surface area contributed by atoms with E-state index in [4.69, 9.17) is 0 Å². The predicted molar refractivity (Wildman–Crippen MR) is 74.5 cm³/mol. The smallest absolute Gasteiger partial charge is 0.227 e. The van der Waals surface area contributed by atoms with Crippen LogP contribution in [0.5, 0.6) is 0 Å². The molecular formula is C14H24N4O. The lowest BCUT2D eigenvalue weighted by Crippen LogP contribution is -2.50. The number of nitrogens with zero attached hydrogens (tertiary/aromatic N) is 2. The van der Waals surface area contributed by atoms with Crippen molar-refractivity contribution in [2.24, 2.45) is 12.5 Å². The highest BCUT2D eigenvalue weighted by molar-refractivity contribution is 5.83. The van der Waals surface area contributed by atoms with Crippen LogP contribution in [-0.2, 0) is 18.4 Å². The highest BCUT2D eigenvalue weighted by atomic mass is 16.2. The van der Waals surface area contributed by atoms with Crippen LogP contribution in [0, 0.1) is 5.41 Å². The maximum atomic E-state index is 12.5. The third-order valence-electron chi connectivity index (χ3n) is 4.01. The second-order valence-corrected chi connectivity index (χ2v) is 5.45. The SMILES string of the molecule is CCCC1(C(=O)NCc2nccn2C)CCCNC1. The first-order chi connectivity index (χ1) is 9.18. The molecule has 1 amide bonds. The van der Waals surface area contributed by atoms with Crippen LogP contribution < -0.4 is 10.6 Å². The third kappa shape index (κ3) is 3.15. The van der Waals surface area contributed by atoms with Crippen LogP contribution in [0.3, 0.4) is 0 Å². The summed E-state index contributed by atoms with van der Waals surface area (Å²) in [6.45, 7) is 4.47. The van der Waals surface area contributed by atoms with Crippen LogP contribution in [-0.4, -0.2) is 28.5 Å². The zero-order valence-electron chi connectivity index (χ0n) is 11.9. The van der Waals surface area contributed by atoms with Gasteiger partial charge >= 0.3 is 0 Å². The van der Waals surface area contributed by atoms with E-state index in [1.807, 2.05) is 17.8 Å². The van der Waals surface area contributed by atoms with Gasteiger partial charge < -0.3 is 15.2 Å². The van der Waals surface area contributed by atoms with Gasteiger partial charge in [-0.1, -0.05) is 13.3 Å². The van der Waals surface area contributed by atoms with Crippen LogP contribution in [0.15, 0.2) is 12.4 Å². The van der Waals surface area contributed by atoms with Crippen LogP contribution in [0.1, 0.15) is 38.4 Å². The molecule has 1 aromatic heterocycles. The molecule has 0 saturated carbocycles. The van der Waals surface area contributed by atoms with Gasteiger partial charge in [0.25, 0.3) is 0 Å². The van der Waals surface area contributed by atoms with Gasteiger partial charge in [0.1, 0.15) is 5.82 Å². The lowest BCUT2D eigenvalue weighted by Gasteiger charge is -2.36. The van der Waals surface area contributed by atoms with E-state index >= 15 is 0 Å². The number of aryl methyl sites for hydroxylation is 1. The number of carbonyl (C=O) groups is 1. The number of aromatic nitrogens is 2. The number of hydrogen-bond acceptors (Lipinski definition) is 3. The normalized spacial score (nSPS) is 23.3. The summed E-state index contributed by atoms with van der Waals surface area (Å²) in [5, 5.41) is 6.42. The molecule has 0 aliphatic carbocycles. The van der Waals surface area contributed by atoms with Gasteiger partial charge in [-0.25, -0.2) is 4.98 Å². The number of nitrogens with one attached hydrogen (secondary N) is 2. The fraction of sp³-hybridized carbons (Fsp3) is 0.714. The third-order valence-corrected chi connectivity index (χ3v) is 4.01. The summed E-state index contributed by atoms with van der Waals surface area (Å²) in [6, 6.07) is 0. The lowest BCUT2D eigenvalue weighted by molar-refractivity contribution is -0.132. The Morgan fingerprint density at radius 3 is 3.05 bits per heavy atom. The van der Waals surface area contributed by atoms with E-state index in [9.17, 15) is 4.79 Å². The molecule has 0 aromatic carbocycles. The van der Waals surface area contributed by atoms with Gasteiger partial charge in [-0.3, -0.25) is 4.79 Å². The monoisotopic (exact) mass is 264 g/mol. The molecule has 0 spiro atoms. The number of hydrogen-bond donors (Lipinski definition) is 2. The molecule has 1 atom stereocenters. The Morgan fingerprint density at radius 2 is 2.47 bits per heavy atom. The number of rotatable bonds is 5. The number of piperidine rings is 1. The molecule has 1 unspecified atom stereocenters. The van der Waals surface area contributed by atoms with Crippen LogP contribution in [0.25, 0.3) is 0 Å². The summed E-state index contributed by atoms with van der Waals surface area (Å²) < 4.78 is 1.94. The van der Waals surface area contributed by atoms with Crippen molar-refractivity contribution in [1.29, 1.82) is 0 Å². The summed E-state index contributed by atoms with van der Waals surface area (Å²) >= 11 is 0. The average Bonchev–Trinajstić information content (AvgIpc) is 2.83. The van der Waals surface area contributed by atoms with E-state index < -0.39 is 0 Å². The van der Waals surface area contributed by atoms with Gasteiger partial charge in [0.2, 0.25) is 5.91 Å². The van der Waals surface area contributed by atoms with Crippen molar-refractivity contribution < 1.29 is 4.79 Å². The molecule has 5 nitrogen and oxygen atoms in total. The van der Waals surface area contributed by atoms with Gasteiger partial charge in [0, 0.05) is 26.0 Å². The summed E-state index contributed by atoms with van der Waals surface area (Å²) in [5.74, 6) is 1.06. The van der Waals surface area contributed by atoms with Crippen molar-refractivity contribution >= 4 is 5.91 Å². The van der Waals surface area contributed by atoms with Gasteiger partial charge in [0.15, 0.2) is 0 Å². The maximum absolute atomic E-state index is 12.5. The molecule has 2 rings (SSSR count). The van der Waals surface area contributed by atoms with Crippen molar-refractivity contribution in [3.05, 3.63) is 18.2 Å². The quantitative estimate of drug-likeness (QED) is 0.840. The largest absolute Gasteiger partial charge is 0.348 e. The Morgan fingerprint density at radius 1 is 1.63 bits per heavy atom. The number of imidazole rings is 1. The van der Waals surface area contributed by atoms with Crippen molar-refractivity contribution in [2.45, 2.75) is 39.2 Å². The minimum atomic E-state index is -0.224. The van der Waals surface area contributed by atoms with Gasteiger partial charge in [-0.15, -0.1) is 0 Å².